The molecule has 5 nitrogen and oxygen atoms in total. The number of benzene rings is 2. The Bertz CT molecular complexity index is 886. The Hall–Kier alpha value is -2.06. The first kappa shape index (κ1) is 21.2. The molecule has 0 heterocycles. The minimum absolute atomic E-state index is 0.120. The monoisotopic (exact) mass is 410 g/mol. The molecular weight excluding hydrogens is 387 g/mol. The summed E-state index contributed by atoms with van der Waals surface area (Å²) in [5.41, 5.74) is 1.30. The number of nitrogens with zero attached hydrogens (tertiary/aromatic N) is 1. The highest BCUT2D eigenvalue weighted by Gasteiger charge is 2.29. The fourth-order valence-corrected chi connectivity index (χ4v) is 4.48. The molecule has 0 unspecified atom stereocenters. The number of aryl methyl sites for hydroxylation is 1. The van der Waals surface area contributed by atoms with Crippen LogP contribution in [0.1, 0.15) is 12.5 Å². The normalized spacial score (nSPS) is 12.4. The van der Waals surface area contributed by atoms with Gasteiger partial charge in [-0.1, -0.05) is 23.8 Å². The molecule has 2 aromatic carbocycles. The number of amides is 1. The smallest absolute Gasteiger partial charge is 0.243 e. The van der Waals surface area contributed by atoms with Gasteiger partial charge < -0.3 is 5.32 Å². The average Bonchev–Trinajstić information content (AvgIpc) is 2.59. The van der Waals surface area contributed by atoms with Crippen LogP contribution in [0.2, 0.25) is 0 Å². The Morgan fingerprint density at radius 3 is 2.48 bits per heavy atom. The topological polar surface area (TPSA) is 66.5 Å². The van der Waals surface area contributed by atoms with E-state index in [-0.39, 0.29) is 5.69 Å². The number of nitrogens with one attached hydrogen (secondary N) is 1. The summed E-state index contributed by atoms with van der Waals surface area (Å²) in [4.78, 5) is 13.5. The van der Waals surface area contributed by atoms with Crippen molar-refractivity contribution in [3.05, 3.63) is 59.9 Å². The van der Waals surface area contributed by atoms with Gasteiger partial charge in [0.25, 0.3) is 0 Å². The Balaban J connectivity index is 1.97. The van der Waals surface area contributed by atoms with E-state index in [0.29, 0.717) is 12.3 Å². The van der Waals surface area contributed by atoms with E-state index in [1.54, 1.807) is 11.8 Å². The predicted molar refractivity (Wildman–Crippen MR) is 108 cm³/mol. The molecule has 0 spiro atoms. The lowest BCUT2D eigenvalue weighted by Gasteiger charge is -2.28. The van der Waals surface area contributed by atoms with Gasteiger partial charge in [0.1, 0.15) is 11.9 Å². The van der Waals surface area contributed by atoms with Crippen LogP contribution in [-0.4, -0.2) is 38.9 Å². The second-order valence-electron chi connectivity index (χ2n) is 6.17. The maximum atomic E-state index is 13.5. The van der Waals surface area contributed by atoms with E-state index >= 15 is 0 Å². The molecule has 0 aliphatic rings. The van der Waals surface area contributed by atoms with Gasteiger partial charge in [-0.3, -0.25) is 9.10 Å². The lowest BCUT2D eigenvalue weighted by atomic mass is 10.2. The van der Waals surface area contributed by atoms with E-state index in [2.05, 4.69) is 5.32 Å². The molecule has 0 saturated heterocycles. The van der Waals surface area contributed by atoms with Crippen LogP contribution in [0.3, 0.4) is 0 Å². The van der Waals surface area contributed by atoms with Crippen LogP contribution in [0, 0.1) is 12.7 Å². The number of carbonyl (C=O) groups is 1. The first-order valence-corrected chi connectivity index (χ1v) is 11.2. The molecule has 1 amide bonds. The average molecular weight is 411 g/mol. The lowest BCUT2D eigenvalue weighted by molar-refractivity contribution is -0.121. The Morgan fingerprint density at radius 1 is 1.22 bits per heavy atom. The summed E-state index contributed by atoms with van der Waals surface area (Å²) in [5.74, 6) is -0.349. The van der Waals surface area contributed by atoms with Crippen molar-refractivity contribution in [2.24, 2.45) is 0 Å². The first-order valence-electron chi connectivity index (χ1n) is 8.40. The summed E-state index contributed by atoms with van der Waals surface area (Å²) in [5, 5.41) is 2.74. The van der Waals surface area contributed by atoms with E-state index in [1.165, 1.54) is 30.7 Å². The fraction of sp³-hybridized carbons (Fsp3) is 0.316. The number of hydrogen-bond donors (Lipinski definition) is 1. The molecule has 0 aliphatic carbocycles. The standard InChI is InChI=1S/C19H23FN2O3S2/c1-14-7-9-18(10-8-14)26-12-11-21-19(23)15(2)22(27(3,24)25)17-6-4-5-16(20)13-17/h4-10,13,15H,11-12H2,1-3H3,(H,21,23)/t15-/m1/s1. The summed E-state index contributed by atoms with van der Waals surface area (Å²) in [6.45, 7) is 3.89. The quantitative estimate of drug-likeness (QED) is 0.536. The second-order valence-corrected chi connectivity index (χ2v) is 9.19. The molecule has 1 atom stereocenters. The molecule has 0 bridgehead atoms. The molecule has 27 heavy (non-hydrogen) atoms. The van der Waals surface area contributed by atoms with Crippen molar-refractivity contribution in [2.75, 3.05) is 22.9 Å². The van der Waals surface area contributed by atoms with Crippen molar-refractivity contribution in [1.29, 1.82) is 0 Å². The van der Waals surface area contributed by atoms with Crippen molar-refractivity contribution in [3.8, 4) is 0 Å². The molecule has 2 aromatic rings. The van der Waals surface area contributed by atoms with Gasteiger partial charge >= 0.3 is 0 Å². The zero-order valence-electron chi connectivity index (χ0n) is 15.5. The molecule has 0 aromatic heterocycles. The number of rotatable bonds is 8. The molecule has 0 aliphatic heterocycles. The SMILES string of the molecule is Cc1ccc(SCCNC(=O)[C@@H](C)N(c2cccc(F)c2)S(C)(=O)=O)cc1. The molecule has 8 heteroatoms. The molecule has 0 radical (unpaired) electrons. The Morgan fingerprint density at radius 2 is 1.89 bits per heavy atom. The third-order valence-electron chi connectivity index (χ3n) is 3.84. The van der Waals surface area contributed by atoms with Gasteiger partial charge in [0, 0.05) is 17.2 Å². The lowest BCUT2D eigenvalue weighted by Crippen LogP contribution is -2.48. The van der Waals surface area contributed by atoms with Crippen LogP contribution >= 0.6 is 11.8 Å². The van der Waals surface area contributed by atoms with Crippen molar-refractivity contribution in [2.45, 2.75) is 24.8 Å². The molecule has 146 valence electrons. The van der Waals surface area contributed by atoms with E-state index < -0.39 is 27.8 Å². The summed E-state index contributed by atoms with van der Waals surface area (Å²) < 4.78 is 38.7. The van der Waals surface area contributed by atoms with Gasteiger partial charge in [0.2, 0.25) is 15.9 Å². The number of halogens is 1. The van der Waals surface area contributed by atoms with E-state index in [0.717, 1.165) is 21.5 Å². The number of anilines is 1. The molecular formula is C19H23FN2O3S2. The van der Waals surface area contributed by atoms with E-state index in [4.69, 9.17) is 0 Å². The van der Waals surface area contributed by atoms with Crippen LogP contribution < -0.4 is 9.62 Å². The van der Waals surface area contributed by atoms with Gasteiger partial charge in [-0.05, 0) is 44.2 Å². The molecule has 0 fully saturated rings. The Kier molecular flexibility index (Phi) is 7.26. The van der Waals surface area contributed by atoms with Crippen molar-refractivity contribution >= 4 is 33.4 Å². The largest absolute Gasteiger partial charge is 0.353 e. The highest BCUT2D eigenvalue weighted by atomic mass is 32.2. The second kappa shape index (κ2) is 9.23. The number of hydrogen-bond acceptors (Lipinski definition) is 4. The third kappa shape index (κ3) is 6.25. The van der Waals surface area contributed by atoms with Gasteiger partial charge in [-0.2, -0.15) is 0 Å². The number of thioether (sulfide) groups is 1. The van der Waals surface area contributed by atoms with E-state index in [1.807, 2.05) is 31.2 Å². The van der Waals surface area contributed by atoms with Gasteiger partial charge in [-0.15, -0.1) is 11.8 Å². The number of sulfonamides is 1. The van der Waals surface area contributed by atoms with E-state index in [9.17, 15) is 17.6 Å². The minimum atomic E-state index is -3.76. The summed E-state index contributed by atoms with van der Waals surface area (Å²) in [7, 11) is -3.76. The molecule has 1 N–H and O–H groups in total. The fourth-order valence-electron chi connectivity index (χ4n) is 2.55. The van der Waals surface area contributed by atoms with Crippen LogP contribution in [0.4, 0.5) is 10.1 Å². The van der Waals surface area contributed by atoms with Crippen LogP contribution in [0.25, 0.3) is 0 Å². The van der Waals surface area contributed by atoms with Gasteiger partial charge in [0.15, 0.2) is 0 Å². The predicted octanol–water partition coefficient (Wildman–Crippen LogP) is 3.20. The minimum Gasteiger partial charge on any atom is -0.353 e. The first-order chi connectivity index (χ1) is 12.7. The number of carbonyl (C=O) groups excluding carboxylic acids is 1. The van der Waals surface area contributed by atoms with Gasteiger partial charge in [-0.25, -0.2) is 12.8 Å². The summed E-state index contributed by atoms with van der Waals surface area (Å²) in [6.07, 6.45) is 0.995. The summed E-state index contributed by atoms with van der Waals surface area (Å²) >= 11 is 1.60. The third-order valence-corrected chi connectivity index (χ3v) is 6.10. The summed E-state index contributed by atoms with van der Waals surface area (Å²) in [6, 6.07) is 12.3. The highest BCUT2D eigenvalue weighted by molar-refractivity contribution is 7.99. The molecule has 0 saturated carbocycles. The van der Waals surface area contributed by atoms with Crippen LogP contribution in [0.15, 0.2) is 53.4 Å². The molecule has 2 rings (SSSR count). The maximum Gasteiger partial charge on any atom is 0.243 e. The zero-order valence-corrected chi connectivity index (χ0v) is 17.1. The van der Waals surface area contributed by atoms with Crippen molar-refractivity contribution in [3.63, 3.8) is 0 Å². The maximum absolute atomic E-state index is 13.5. The zero-order chi connectivity index (χ0) is 20.0. The van der Waals surface area contributed by atoms with Gasteiger partial charge in [0.05, 0.1) is 11.9 Å². The van der Waals surface area contributed by atoms with Crippen LogP contribution in [-0.2, 0) is 14.8 Å². The van der Waals surface area contributed by atoms with Crippen LogP contribution in [0.5, 0.6) is 0 Å². The Labute approximate surface area is 164 Å². The van der Waals surface area contributed by atoms with Crippen molar-refractivity contribution in [1.82, 2.24) is 5.32 Å². The highest BCUT2D eigenvalue weighted by Crippen LogP contribution is 2.22. The van der Waals surface area contributed by atoms with Crippen molar-refractivity contribution < 1.29 is 17.6 Å².